The van der Waals surface area contributed by atoms with Gasteiger partial charge in [0, 0.05) is 12.2 Å². The second kappa shape index (κ2) is 3.90. The largest absolute Gasteiger partial charge is 0.366 e. The zero-order chi connectivity index (χ0) is 10.8. The summed E-state index contributed by atoms with van der Waals surface area (Å²) < 4.78 is 0. The Balaban J connectivity index is 2.15. The van der Waals surface area contributed by atoms with Gasteiger partial charge in [0.1, 0.15) is 11.9 Å². The molecule has 0 unspecified atom stereocenters. The highest BCUT2D eigenvalue weighted by atomic mass is 15.0. The van der Waals surface area contributed by atoms with Gasteiger partial charge in [0.05, 0.1) is 5.56 Å². The second-order valence-corrected chi connectivity index (χ2v) is 4.38. The normalized spacial score (nSPS) is 24.1. The van der Waals surface area contributed by atoms with Gasteiger partial charge >= 0.3 is 0 Å². The Labute approximate surface area is 90.1 Å². The summed E-state index contributed by atoms with van der Waals surface area (Å²) >= 11 is 0. The smallest absolute Gasteiger partial charge is 0.144 e. The number of nitrogens with zero attached hydrogens (tertiary/aromatic N) is 2. The van der Waals surface area contributed by atoms with Crippen molar-refractivity contribution in [3.8, 4) is 6.07 Å². The highest BCUT2D eigenvalue weighted by molar-refractivity contribution is 5.55. The minimum atomic E-state index is 0.501. The van der Waals surface area contributed by atoms with E-state index in [2.05, 4.69) is 23.3 Å². The van der Waals surface area contributed by atoms with Crippen LogP contribution in [0.3, 0.4) is 0 Å². The van der Waals surface area contributed by atoms with Crippen molar-refractivity contribution >= 4 is 5.82 Å². The fraction of sp³-hybridized carbons (Fsp3) is 0.500. The third-order valence-corrected chi connectivity index (χ3v) is 2.99. The number of nitriles is 1. The molecule has 1 N–H and O–H groups in total. The lowest BCUT2D eigenvalue weighted by atomic mass is 9.82. The third-order valence-electron chi connectivity index (χ3n) is 2.99. The first-order chi connectivity index (χ1) is 7.20. The molecule has 0 bridgehead atoms. The minimum Gasteiger partial charge on any atom is -0.366 e. The molecule has 0 aromatic carbocycles. The number of rotatable bonds is 2. The standard InChI is InChI=1S/C12H15N3/c1-8-5-10(6-8)15-12-11(7-13)9(2)3-4-14-12/h3-4,8,10H,5-6H2,1-2H3,(H,14,15). The first-order valence-corrected chi connectivity index (χ1v) is 5.33. The molecule has 0 amide bonds. The van der Waals surface area contributed by atoms with Crippen LogP contribution in [-0.4, -0.2) is 11.0 Å². The van der Waals surface area contributed by atoms with Crippen molar-refractivity contribution in [1.82, 2.24) is 4.98 Å². The molecule has 15 heavy (non-hydrogen) atoms. The van der Waals surface area contributed by atoms with Crippen molar-refractivity contribution in [1.29, 1.82) is 5.26 Å². The van der Waals surface area contributed by atoms with Gasteiger partial charge in [0.25, 0.3) is 0 Å². The molecular weight excluding hydrogens is 186 g/mol. The molecule has 0 aliphatic heterocycles. The van der Waals surface area contributed by atoms with Crippen LogP contribution in [0, 0.1) is 24.2 Å². The summed E-state index contributed by atoms with van der Waals surface area (Å²) in [7, 11) is 0. The average Bonchev–Trinajstić information content (AvgIpc) is 2.16. The molecule has 0 spiro atoms. The lowest BCUT2D eigenvalue weighted by molar-refractivity contribution is 0.308. The monoisotopic (exact) mass is 201 g/mol. The molecule has 1 aromatic rings. The third kappa shape index (κ3) is 1.94. The van der Waals surface area contributed by atoms with Crippen molar-refractivity contribution in [3.05, 3.63) is 23.4 Å². The van der Waals surface area contributed by atoms with E-state index in [1.807, 2.05) is 13.0 Å². The number of hydrogen-bond donors (Lipinski definition) is 1. The van der Waals surface area contributed by atoms with E-state index in [9.17, 15) is 0 Å². The molecule has 1 heterocycles. The van der Waals surface area contributed by atoms with Gasteiger partial charge in [-0.3, -0.25) is 0 Å². The maximum atomic E-state index is 9.02. The van der Waals surface area contributed by atoms with E-state index in [0.29, 0.717) is 11.6 Å². The van der Waals surface area contributed by atoms with E-state index < -0.39 is 0 Å². The van der Waals surface area contributed by atoms with Crippen molar-refractivity contribution in [2.24, 2.45) is 5.92 Å². The van der Waals surface area contributed by atoms with Crippen LogP contribution in [0.4, 0.5) is 5.82 Å². The average molecular weight is 201 g/mol. The molecule has 0 saturated heterocycles. The molecule has 1 aliphatic carbocycles. The van der Waals surface area contributed by atoms with E-state index in [4.69, 9.17) is 5.26 Å². The number of aromatic nitrogens is 1. The Hall–Kier alpha value is -1.56. The first kappa shape index (κ1) is 9.97. The van der Waals surface area contributed by atoms with Crippen LogP contribution in [0.25, 0.3) is 0 Å². The van der Waals surface area contributed by atoms with Crippen molar-refractivity contribution < 1.29 is 0 Å². The van der Waals surface area contributed by atoms with Crippen LogP contribution in [0.1, 0.15) is 30.9 Å². The van der Waals surface area contributed by atoms with E-state index >= 15 is 0 Å². The van der Waals surface area contributed by atoms with Gasteiger partial charge in [-0.1, -0.05) is 6.92 Å². The Morgan fingerprint density at radius 3 is 2.87 bits per heavy atom. The quantitative estimate of drug-likeness (QED) is 0.799. The van der Waals surface area contributed by atoms with Crippen molar-refractivity contribution in [2.75, 3.05) is 5.32 Å². The van der Waals surface area contributed by atoms with Crippen LogP contribution in [-0.2, 0) is 0 Å². The summed E-state index contributed by atoms with van der Waals surface area (Å²) in [6.45, 7) is 4.18. The van der Waals surface area contributed by atoms with Crippen LogP contribution < -0.4 is 5.32 Å². The van der Waals surface area contributed by atoms with Crippen molar-refractivity contribution in [3.63, 3.8) is 0 Å². The van der Waals surface area contributed by atoms with Gasteiger partial charge in [-0.25, -0.2) is 4.98 Å². The zero-order valence-corrected chi connectivity index (χ0v) is 9.12. The Kier molecular flexibility index (Phi) is 2.59. The SMILES string of the molecule is Cc1ccnc(NC2CC(C)C2)c1C#N. The molecule has 3 nitrogen and oxygen atoms in total. The number of pyridine rings is 1. The highest BCUT2D eigenvalue weighted by Crippen LogP contribution is 2.30. The zero-order valence-electron chi connectivity index (χ0n) is 9.12. The molecule has 1 fully saturated rings. The predicted octanol–water partition coefficient (Wildman–Crippen LogP) is 2.47. The van der Waals surface area contributed by atoms with Gasteiger partial charge in [-0.15, -0.1) is 0 Å². The Morgan fingerprint density at radius 2 is 2.27 bits per heavy atom. The topological polar surface area (TPSA) is 48.7 Å². The maximum absolute atomic E-state index is 9.02. The van der Waals surface area contributed by atoms with Gasteiger partial charge < -0.3 is 5.32 Å². The molecule has 1 aliphatic rings. The number of hydrogen-bond acceptors (Lipinski definition) is 3. The summed E-state index contributed by atoms with van der Waals surface area (Å²) in [5.41, 5.74) is 1.67. The first-order valence-electron chi connectivity index (χ1n) is 5.33. The Bertz CT molecular complexity index is 400. The fourth-order valence-electron chi connectivity index (χ4n) is 2.02. The van der Waals surface area contributed by atoms with E-state index in [1.165, 1.54) is 12.8 Å². The lowest BCUT2D eigenvalue weighted by Gasteiger charge is -2.33. The summed E-state index contributed by atoms with van der Waals surface area (Å²) in [4.78, 5) is 4.22. The lowest BCUT2D eigenvalue weighted by Crippen LogP contribution is -2.34. The molecule has 2 rings (SSSR count). The van der Waals surface area contributed by atoms with Crippen LogP contribution in [0.2, 0.25) is 0 Å². The summed E-state index contributed by atoms with van der Waals surface area (Å²) in [6, 6.07) is 4.57. The van der Waals surface area contributed by atoms with E-state index in [-0.39, 0.29) is 0 Å². The Morgan fingerprint density at radius 1 is 1.53 bits per heavy atom. The number of nitrogens with one attached hydrogen (secondary N) is 1. The summed E-state index contributed by atoms with van der Waals surface area (Å²) in [6.07, 6.45) is 4.11. The second-order valence-electron chi connectivity index (χ2n) is 4.38. The molecule has 3 heteroatoms. The van der Waals surface area contributed by atoms with Gasteiger partial charge in [-0.05, 0) is 37.3 Å². The predicted molar refractivity (Wildman–Crippen MR) is 59.5 cm³/mol. The number of aryl methyl sites for hydroxylation is 1. The van der Waals surface area contributed by atoms with Crippen LogP contribution >= 0.6 is 0 Å². The molecule has 1 aromatic heterocycles. The van der Waals surface area contributed by atoms with E-state index in [0.717, 1.165) is 17.3 Å². The van der Waals surface area contributed by atoms with Crippen LogP contribution in [0.5, 0.6) is 0 Å². The summed E-state index contributed by atoms with van der Waals surface area (Å²) in [5, 5.41) is 12.4. The maximum Gasteiger partial charge on any atom is 0.144 e. The molecule has 1 saturated carbocycles. The fourth-order valence-corrected chi connectivity index (χ4v) is 2.02. The number of anilines is 1. The van der Waals surface area contributed by atoms with Gasteiger partial charge in [0.2, 0.25) is 0 Å². The van der Waals surface area contributed by atoms with Crippen LogP contribution in [0.15, 0.2) is 12.3 Å². The molecule has 0 radical (unpaired) electrons. The molecule has 0 atom stereocenters. The molecular formula is C12H15N3. The molecule has 78 valence electrons. The minimum absolute atomic E-state index is 0.501. The van der Waals surface area contributed by atoms with Gasteiger partial charge in [0.15, 0.2) is 0 Å². The highest BCUT2D eigenvalue weighted by Gasteiger charge is 2.26. The van der Waals surface area contributed by atoms with Gasteiger partial charge in [-0.2, -0.15) is 5.26 Å². The van der Waals surface area contributed by atoms with Crippen molar-refractivity contribution in [2.45, 2.75) is 32.7 Å². The summed E-state index contributed by atoms with van der Waals surface area (Å²) in [5.74, 6) is 1.55. The van der Waals surface area contributed by atoms with E-state index in [1.54, 1.807) is 6.20 Å².